The third-order valence-electron chi connectivity index (χ3n) is 4.09. The number of rotatable bonds is 5. The van der Waals surface area contributed by atoms with Gasteiger partial charge in [-0.15, -0.1) is 0 Å². The maximum atomic E-state index is 9.58. The highest BCUT2D eigenvalue weighted by atomic mass is 32.2. The van der Waals surface area contributed by atoms with Gasteiger partial charge in [0, 0.05) is 22.6 Å². The van der Waals surface area contributed by atoms with Crippen molar-refractivity contribution in [3.8, 4) is 0 Å². The Bertz CT molecular complexity index is 252. The largest absolute Gasteiger partial charge is 0.394 e. The summed E-state index contributed by atoms with van der Waals surface area (Å²) in [5, 5.41) is 14.4. The van der Waals surface area contributed by atoms with Crippen LogP contribution in [0.15, 0.2) is 0 Å². The molecule has 3 nitrogen and oxygen atoms in total. The summed E-state index contributed by atoms with van der Waals surface area (Å²) in [5.74, 6) is 0. The highest BCUT2D eigenvalue weighted by Gasteiger charge is 2.40. The molecule has 2 rings (SSSR count). The molecule has 0 spiro atoms. The van der Waals surface area contributed by atoms with Crippen molar-refractivity contribution in [1.82, 2.24) is 5.32 Å². The molecule has 100 valence electrons. The van der Waals surface area contributed by atoms with Gasteiger partial charge in [0.15, 0.2) is 0 Å². The van der Waals surface area contributed by atoms with Gasteiger partial charge in [-0.2, -0.15) is 11.8 Å². The summed E-state index contributed by atoms with van der Waals surface area (Å²) in [5.41, 5.74) is -0.00485. The van der Waals surface area contributed by atoms with Gasteiger partial charge in [0.2, 0.25) is 0 Å². The maximum absolute atomic E-state index is 9.58. The van der Waals surface area contributed by atoms with Crippen LogP contribution in [0.2, 0.25) is 0 Å². The molecule has 0 radical (unpaired) electrons. The molecule has 1 saturated carbocycles. The van der Waals surface area contributed by atoms with Crippen LogP contribution < -0.4 is 5.32 Å². The van der Waals surface area contributed by atoms with Gasteiger partial charge < -0.3 is 15.2 Å². The van der Waals surface area contributed by atoms with E-state index in [1.807, 2.05) is 0 Å². The molecule has 1 aliphatic heterocycles. The van der Waals surface area contributed by atoms with Gasteiger partial charge in [0.05, 0.1) is 12.7 Å². The number of likely N-dealkylation sites (N-methyl/N-ethyl adjacent to an activating group) is 1. The Labute approximate surface area is 109 Å². The van der Waals surface area contributed by atoms with Crippen molar-refractivity contribution in [3.05, 3.63) is 0 Å². The van der Waals surface area contributed by atoms with Gasteiger partial charge >= 0.3 is 0 Å². The van der Waals surface area contributed by atoms with E-state index in [4.69, 9.17) is 4.74 Å². The molecular weight excluding hydrogens is 234 g/mol. The molecule has 0 aromatic heterocycles. The molecule has 0 amide bonds. The van der Waals surface area contributed by atoms with E-state index in [1.54, 1.807) is 0 Å². The minimum atomic E-state index is -0.00485. The Morgan fingerprint density at radius 3 is 2.88 bits per heavy atom. The van der Waals surface area contributed by atoms with Gasteiger partial charge in [-0.05, 0) is 39.2 Å². The molecule has 2 fully saturated rings. The van der Waals surface area contributed by atoms with E-state index in [1.165, 1.54) is 12.8 Å². The molecule has 4 heteroatoms. The van der Waals surface area contributed by atoms with Crippen LogP contribution in [0.1, 0.15) is 39.5 Å². The zero-order chi connectivity index (χ0) is 12.3. The molecule has 0 aromatic carbocycles. The Kier molecular flexibility index (Phi) is 4.75. The molecule has 2 aliphatic rings. The van der Waals surface area contributed by atoms with Crippen LogP contribution in [0.3, 0.4) is 0 Å². The second kappa shape index (κ2) is 5.91. The average molecular weight is 259 g/mol. The van der Waals surface area contributed by atoms with E-state index in [-0.39, 0.29) is 12.1 Å². The number of hydrogen-bond donors (Lipinski definition) is 2. The number of aliphatic hydroxyl groups is 1. The summed E-state index contributed by atoms with van der Waals surface area (Å²) < 4.78 is 5.62. The first-order valence-corrected chi connectivity index (χ1v) is 7.76. The summed E-state index contributed by atoms with van der Waals surface area (Å²) in [6.07, 6.45) is 5.03. The quantitative estimate of drug-likeness (QED) is 0.790. The topological polar surface area (TPSA) is 41.5 Å². The van der Waals surface area contributed by atoms with Crippen LogP contribution in [0, 0.1) is 0 Å². The Morgan fingerprint density at radius 1 is 1.47 bits per heavy atom. The first kappa shape index (κ1) is 13.7. The normalized spacial score (nSPS) is 42.2. The molecule has 17 heavy (non-hydrogen) atoms. The fraction of sp³-hybridized carbons (Fsp3) is 1.00. The third kappa shape index (κ3) is 3.16. The smallest absolute Gasteiger partial charge is 0.0666 e. The molecule has 1 heterocycles. The van der Waals surface area contributed by atoms with E-state index in [9.17, 15) is 5.11 Å². The summed E-state index contributed by atoms with van der Waals surface area (Å²) in [4.78, 5) is 0. The molecule has 1 saturated heterocycles. The zero-order valence-electron chi connectivity index (χ0n) is 10.9. The lowest BCUT2D eigenvalue weighted by Crippen LogP contribution is -2.46. The Hall–Kier alpha value is 0.230. The summed E-state index contributed by atoms with van der Waals surface area (Å²) in [7, 11) is 0. The molecule has 0 bridgehead atoms. The number of thioether (sulfide) groups is 1. The second-order valence-electron chi connectivity index (χ2n) is 5.37. The van der Waals surface area contributed by atoms with Crippen molar-refractivity contribution in [3.63, 3.8) is 0 Å². The van der Waals surface area contributed by atoms with E-state index in [2.05, 4.69) is 30.9 Å². The fourth-order valence-corrected chi connectivity index (χ4v) is 4.76. The summed E-state index contributed by atoms with van der Waals surface area (Å²) in [6.45, 7) is 6.44. The second-order valence-corrected chi connectivity index (χ2v) is 6.92. The van der Waals surface area contributed by atoms with Crippen molar-refractivity contribution in [1.29, 1.82) is 0 Å². The first-order chi connectivity index (χ1) is 8.19. The Balaban J connectivity index is 1.84. The molecule has 1 aliphatic carbocycles. The SMILES string of the molecule is CCNC1(CO)CCC(SC2CCOC2C)C1. The van der Waals surface area contributed by atoms with E-state index in [0.717, 1.165) is 26.0 Å². The predicted molar refractivity (Wildman–Crippen MR) is 72.5 cm³/mol. The Morgan fingerprint density at radius 2 is 2.29 bits per heavy atom. The average Bonchev–Trinajstić information content (AvgIpc) is 2.89. The molecule has 4 unspecified atom stereocenters. The van der Waals surface area contributed by atoms with Crippen LogP contribution in [-0.4, -0.2) is 47.0 Å². The number of ether oxygens (including phenoxy) is 1. The van der Waals surface area contributed by atoms with Gasteiger partial charge in [-0.1, -0.05) is 6.92 Å². The van der Waals surface area contributed by atoms with Gasteiger partial charge in [-0.3, -0.25) is 0 Å². The maximum Gasteiger partial charge on any atom is 0.0666 e. The molecule has 0 aromatic rings. The molecular formula is C13H25NO2S. The van der Waals surface area contributed by atoms with Crippen LogP contribution in [-0.2, 0) is 4.74 Å². The van der Waals surface area contributed by atoms with Crippen LogP contribution >= 0.6 is 11.8 Å². The van der Waals surface area contributed by atoms with E-state index < -0.39 is 0 Å². The lowest BCUT2D eigenvalue weighted by atomic mass is 9.99. The first-order valence-electron chi connectivity index (χ1n) is 6.82. The summed E-state index contributed by atoms with van der Waals surface area (Å²) in [6, 6.07) is 0. The monoisotopic (exact) mass is 259 g/mol. The van der Waals surface area contributed by atoms with Crippen molar-refractivity contribution < 1.29 is 9.84 Å². The predicted octanol–water partition coefficient (Wildman–Crippen LogP) is 1.79. The number of aliphatic hydroxyl groups excluding tert-OH is 1. The minimum absolute atomic E-state index is 0.00485. The molecule has 4 atom stereocenters. The van der Waals surface area contributed by atoms with Crippen LogP contribution in [0.4, 0.5) is 0 Å². The van der Waals surface area contributed by atoms with E-state index in [0.29, 0.717) is 16.6 Å². The lowest BCUT2D eigenvalue weighted by Gasteiger charge is -2.28. The van der Waals surface area contributed by atoms with Gasteiger partial charge in [0.1, 0.15) is 0 Å². The van der Waals surface area contributed by atoms with Gasteiger partial charge in [-0.25, -0.2) is 0 Å². The minimum Gasteiger partial charge on any atom is -0.394 e. The van der Waals surface area contributed by atoms with E-state index >= 15 is 0 Å². The third-order valence-corrected chi connectivity index (χ3v) is 5.85. The highest BCUT2D eigenvalue weighted by Crippen LogP contribution is 2.41. The fourth-order valence-electron chi connectivity index (χ4n) is 3.07. The van der Waals surface area contributed by atoms with Crippen LogP contribution in [0.25, 0.3) is 0 Å². The van der Waals surface area contributed by atoms with Crippen molar-refractivity contribution >= 4 is 11.8 Å². The van der Waals surface area contributed by atoms with Gasteiger partial charge in [0.25, 0.3) is 0 Å². The summed E-state index contributed by atoms with van der Waals surface area (Å²) >= 11 is 2.09. The number of hydrogen-bond acceptors (Lipinski definition) is 4. The number of nitrogens with one attached hydrogen (secondary N) is 1. The standard InChI is InChI=1S/C13H25NO2S/c1-3-14-13(9-15)6-4-11(8-13)17-12-5-7-16-10(12)2/h10-12,14-15H,3-9H2,1-2H3. The zero-order valence-corrected chi connectivity index (χ0v) is 11.8. The van der Waals surface area contributed by atoms with Crippen LogP contribution in [0.5, 0.6) is 0 Å². The van der Waals surface area contributed by atoms with Crippen molar-refractivity contribution in [2.75, 3.05) is 19.8 Å². The van der Waals surface area contributed by atoms with Crippen molar-refractivity contribution in [2.24, 2.45) is 0 Å². The highest BCUT2D eigenvalue weighted by molar-refractivity contribution is 8.00. The van der Waals surface area contributed by atoms with Crippen molar-refractivity contribution in [2.45, 2.75) is 61.7 Å². The lowest BCUT2D eigenvalue weighted by molar-refractivity contribution is 0.127. The molecule has 2 N–H and O–H groups in total.